The van der Waals surface area contributed by atoms with E-state index in [4.69, 9.17) is 0 Å². The minimum absolute atomic E-state index is 0. The Morgan fingerprint density at radius 2 is 1.35 bits per heavy atom. The Bertz CT molecular complexity index is 336. The van der Waals surface area contributed by atoms with Crippen LogP contribution in [-0.4, -0.2) is 5.48 Å². The van der Waals surface area contributed by atoms with Crippen LogP contribution in [0.15, 0.2) is 18.2 Å². The molecule has 0 saturated carbocycles. The molecule has 1 rings (SSSR count). The number of rotatable bonds is 9. The maximum Gasteiger partial charge on any atom is -0.0276 e. The fourth-order valence-corrected chi connectivity index (χ4v) is 2.53. The molecule has 0 aliphatic carbocycles. The van der Waals surface area contributed by atoms with Gasteiger partial charge in [-0.25, -0.2) is 0 Å². The molecule has 1 aromatic carbocycles. The van der Waals surface area contributed by atoms with Crippen LogP contribution in [0.5, 0.6) is 0 Å². The predicted octanol–water partition coefficient (Wildman–Crippen LogP) is 5.32. The zero-order chi connectivity index (χ0) is 13.2. The minimum Gasteiger partial charge on any atom is -0.412 e. The van der Waals surface area contributed by atoms with Crippen molar-refractivity contribution in [3.05, 3.63) is 34.9 Å². The van der Waals surface area contributed by atoms with Gasteiger partial charge in [0.05, 0.1) is 0 Å². The SMILES string of the molecule is CCCCCCCCCCc1cccc(C)c1C.N.O. The predicted molar refractivity (Wildman–Crippen MR) is 90.9 cm³/mol. The first kappa shape index (κ1) is 21.4. The quantitative estimate of drug-likeness (QED) is 0.611. The molecule has 0 unspecified atom stereocenters. The number of benzene rings is 1. The summed E-state index contributed by atoms with van der Waals surface area (Å²) in [6.45, 7) is 6.76. The highest BCUT2D eigenvalue weighted by molar-refractivity contribution is 5.33. The molecule has 20 heavy (non-hydrogen) atoms. The second-order valence-corrected chi connectivity index (χ2v) is 5.58. The average molecular weight is 281 g/mol. The molecular weight excluding hydrogens is 246 g/mol. The highest BCUT2D eigenvalue weighted by atomic mass is 16.0. The molecule has 1 aromatic rings. The summed E-state index contributed by atoms with van der Waals surface area (Å²) in [5.74, 6) is 0. The van der Waals surface area contributed by atoms with Gasteiger partial charge >= 0.3 is 0 Å². The number of hydrogen-bond acceptors (Lipinski definition) is 1. The first-order valence-corrected chi connectivity index (χ1v) is 7.80. The van der Waals surface area contributed by atoms with Gasteiger partial charge in [-0.3, -0.25) is 0 Å². The second kappa shape index (κ2) is 13.1. The van der Waals surface area contributed by atoms with Crippen molar-refractivity contribution in [1.82, 2.24) is 6.15 Å². The Morgan fingerprint density at radius 1 is 0.800 bits per heavy atom. The van der Waals surface area contributed by atoms with Crippen molar-refractivity contribution in [3.8, 4) is 0 Å². The fraction of sp³-hybridized carbons (Fsp3) is 0.667. The lowest BCUT2D eigenvalue weighted by molar-refractivity contribution is 0.575. The van der Waals surface area contributed by atoms with E-state index in [2.05, 4.69) is 39.0 Å². The summed E-state index contributed by atoms with van der Waals surface area (Å²) in [5.41, 5.74) is 4.49. The molecule has 0 heterocycles. The van der Waals surface area contributed by atoms with E-state index in [1.165, 1.54) is 68.9 Å². The van der Waals surface area contributed by atoms with Crippen molar-refractivity contribution in [1.29, 1.82) is 0 Å². The largest absolute Gasteiger partial charge is 0.412 e. The van der Waals surface area contributed by atoms with Gasteiger partial charge in [0.25, 0.3) is 0 Å². The maximum atomic E-state index is 2.30. The lowest BCUT2D eigenvalue weighted by Crippen LogP contribution is -1.92. The van der Waals surface area contributed by atoms with Gasteiger partial charge in [0.15, 0.2) is 0 Å². The third kappa shape index (κ3) is 8.34. The van der Waals surface area contributed by atoms with Crippen LogP contribution in [0.2, 0.25) is 0 Å². The molecule has 0 bridgehead atoms. The van der Waals surface area contributed by atoms with Gasteiger partial charge in [0.2, 0.25) is 0 Å². The Labute approximate surface area is 125 Å². The molecule has 2 nitrogen and oxygen atoms in total. The molecule has 0 spiro atoms. The van der Waals surface area contributed by atoms with Crippen LogP contribution in [0.25, 0.3) is 0 Å². The molecule has 0 aliphatic heterocycles. The van der Waals surface area contributed by atoms with Gasteiger partial charge < -0.3 is 11.6 Å². The van der Waals surface area contributed by atoms with E-state index in [0.29, 0.717) is 0 Å². The Balaban J connectivity index is 0. The average Bonchev–Trinajstić information content (AvgIpc) is 2.37. The molecule has 0 radical (unpaired) electrons. The van der Waals surface area contributed by atoms with Crippen molar-refractivity contribution >= 4 is 0 Å². The lowest BCUT2D eigenvalue weighted by Gasteiger charge is -2.08. The van der Waals surface area contributed by atoms with Crippen LogP contribution in [0.1, 0.15) is 75.0 Å². The third-order valence-corrected chi connectivity index (χ3v) is 4.02. The van der Waals surface area contributed by atoms with Crippen LogP contribution in [-0.2, 0) is 6.42 Å². The highest BCUT2D eigenvalue weighted by Gasteiger charge is 2.00. The van der Waals surface area contributed by atoms with E-state index in [1.54, 1.807) is 5.56 Å². The van der Waals surface area contributed by atoms with Crippen LogP contribution in [0.3, 0.4) is 0 Å². The topological polar surface area (TPSA) is 66.5 Å². The molecule has 0 aromatic heterocycles. The highest BCUT2D eigenvalue weighted by Crippen LogP contribution is 2.16. The van der Waals surface area contributed by atoms with Crippen molar-refractivity contribution in [3.63, 3.8) is 0 Å². The van der Waals surface area contributed by atoms with Crippen molar-refractivity contribution in [2.75, 3.05) is 0 Å². The monoisotopic (exact) mass is 281 g/mol. The fourth-order valence-electron chi connectivity index (χ4n) is 2.53. The van der Waals surface area contributed by atoms with Gasteiger partial charge in [0, 0.05) is 0 Å². The van der Waals surface area contributed by atoms with Crippen molar-refractivity contribution in [2.24, 2.45) is 0 Å². The summed E-state index contributed by atoms with van der Waals surface area (Å²) >= 11 is 0. The molecule has 5 N–H and O–H groups in total. The Morgan fingerprint density at radius 3 is 1.95 bits per heavy atom. The zero-order valence-corrected chi connectivity index (χ0v) is 13.8. The van der Waals surface area contributed by atoms with E-state index >= 15 is 0 Å². The third-order valence-electron chi connectivity index (χ3n) is 4.02. The van der Waals surface area contributed by atoms with Crippen LogP contribution >= 0.6 is 0 Å². The smallest absolute Gasteiger partial charge is 0.0276 e. The first-order valence-electron chi connectivity index (χ1n) is 7.80. The van der Waals surface area contributed by atoms with Crippen molar-refractivity contribution < 1.29 is 5.48 Å². The zero-order valence-electron chi connectivity index (χ0n) is 13.8. The van der Waals surface area contributed by atoms with Crippen molar-refractivity contribution in [2.45, 2.75) is 78.6 Å². The first-order chi connectivity index (χ1) is 8.75. The van der Waals surface area contributed by atoms with E-state index in [9.17, 15) is 0 Å². The lowest BCUT2D eigenvalue weighted by atomic mass is 9.98. The molecule has 0 aliphatic rings. The number of aryl methyl sites for hydroxylation is 2. The number of unbranched alkanes of at least 4 members (excludes halogenated alkanes) is 7. The maximum absolute atomic E-state index is 2.30. The van der Waals surface area contributed by atoms with E-state index < -0.39 is 0 Å². The molecule has 0 atom stereocenters. The summed E-state index contributed by atoms with van der Waals surface area (Å²) in [6.07, 6.45) is 12.5. The van der Waals surface area contributed by atoms with Gasteiger partial charge in [-0.2, -0.15) is 0 Å². The van der Waals surface area contributed by atoms with E-state index in [1.807, 2.05) is 0 Å². The molecule has 118 valence electrons. The standard InChI is InChI=1S/C18H30.H3N.H2O/c1-4-5-6-7-8-9-10-11-14-18-15-12-13-16(2)17(18)3;;/h12-13,15H,4-11,14H2,1-3H3;1H3;1H2. The van der Waals surface area contributed by atoms with Crippen LogP contribution in [0, 0.1) is 13.8 Å². The normalized spacial score (nSPS) is 9.75. The van der Waals surface area contributed by atoms with Gasteiger partial charge in [-0.15, -0.1) is 0 Å². The molecule has 0 saturated heterocycles. The second-order valence-electron chi connectivity index (χ2n) is 5.58. The number of hydrogen-bond donors (Lipinski definition) is 1. The van der Waals surface area contributed by atoms with E-state index in [0.717, 1.165) is 0 Å². The molecule has 0 fully saturated rings. The van der Waals surface area contributed by atoms with Crippen LogP contribution < -0.4 is 6.15 Å². The van der Waals surface area contributed by atoms with Gasteiger partial charge in [0.1, 0.15) is 0 Å². The Kier molecular flexibility index (Phi) is 14.1. The van der Waals surface area contributed by atoms with Gasteiger partial charge in [-0.05, 0) is 43.4 Å². The molecule has 0 amide bonds. The summed E-state index contributed by atoms with van der Waals surface area (Å²) in [4.78, 5) is 0. The van der Waals surface area contributed by atoms with Gasteiger partial charge in [-0.1, -0.05) is 70.1 Å². The Hall–Kier alpha value is -0.860. The minimum atomic E-state index is 0. The summed E-state index contributed by atoms with van der Waals surface area (Å²) in [5, 5.41) is 0. The molecular formula is C18H35NO. The van der Waals surface area contributed by atoms with Crippen LogP contribution in [0.4, 0.5) is 0 Å². The van der Waals surface area contributed by atoms with E-state index in [-0.39, 0.29) is 11.6 Å². The summed E-state index contributed by atoms with van der Waals surface area (Å²) in [7, 11) is 0. The summed E-state index contributed by atoms with van der Waals surface area (Å²) in [6, 6.07) is 6.71. The molecule has 2 heteroatoms. The summed E-state index contributed by atoms with van der Waals surface area (Å²) < 4.78 is 0.